The molecule has 1 N–H and O–H groups in total. The molecular weight excluding hydrogens is 380 g/mol. The van der Waals surface area contributed by atoms with Crippen LogP contribution in [-0.4, -0.2) is 31.5 Å². The summed E-state index contributed by atoms with van der Waals surface area (Å²) in [5.74, 6) is 2.25. The van der Waals surface area contributed by atoms with E-state index in [1.165, 1.54) is 4.90 Å². The molecular formula is C20H18N2O5S. The maximum Gasteiger partial charge on any atom is 0.281 e. The van der Waals surface area contributed by atoms with Gasteiger partial charge in [0, 0.05) is 11.6 Å². The van der Waals surface area contributed by atoms with E-state index in [1.807, 2.05) is 6.92 Å². The van der Waals surface area contributed by atoms with Crippen LogP contribution in [0.4, 0.5) is 5.69 Å². The zero-order valence-electron chi connectivity index (χ0n) is 15.4. The van der Waals surface area contributed by atoms with Crippen molar-refractivity contribution < 1.29 is 23.7 Å². The van der Waals surface area contributed by atoms with Gasteiger partial charge in [-0.25, -0.2) is 0 Å². The minimum atomic E-state index is -0.256. The monoisotopic (exact) mass is 398 g/mol. The molecule has 4 rings (SSSR count). The lowest BCUT2D eigenvalue weighted by Gasteiger charge is -2.14. The number of methoxy groups -OCH3 is 1. The van der Waals surface area contributed by atoms with Crippen molar-refractivity contribution in [1.82, 2.24) is 5.32 Å². The molecule has 0 radical (unpaired) electrons. The molecule has 1 saturated heterocycles. The van der Waals surface area contributed by atoms with Gasteiger partial charge in [-0.15, -0.1) is 0 Å². The summed E-state index contributed by atoms with van der Waals surface area (Å²) in [5, 5.41) is 3.28. The van der Waals surface area contributed by atoms with Crippen LogP contribution in [0.15, 0.2) is 42.1 Å². The number of carbonyl (C=O) groups excluding carboxylic acids is 1. The van der Waals surface area contributed by atoms with Gasteiger partial charge in [0.15, 0.2) is 16.6 Å². The van der Waals surface area contributed by atoms with Crippen LogP contribution in [0, 0.1) is 0 Å². The first kappa shape index (κ1) is 18.1. The van der Waals surface area contributed by atoms with Crippen LogP contribution in [0.1, 0.15) is 12.5 Å². The second-order valence-electron chi connectivity index (χ2n) is 6.00. The largest absolute Gasteiger partial charge is 0.496 e. The second kappa shape index (κ2) is 7.40. The van der Waals surface area contributed by atoms with Crippen LogP contribution >= 0.6 is 12.2 Å². The molecule has 2 aliphatic heterocycles. The molecule has 2 aromatic rings. The van der Waals surface area contributed by atoms with Crippen molar-refractivity contribution in [3.63, 3.8) is 0 Å². The maximum absolute atomic E-state index is 12.9. The van der Waals surface area contributed by atoms with Gasteiger partial charge in [-0.2, -0.15) is 0 Å². The van der Waals surface area contributed by atoms with E-state index in [-0.39, 0.29) is 12.7 Å². The van der Waals surface area contributed by atoms with Crippen molar-refractivity contribution in [2.45, 2.75) is 6.92 Å². The number of thiocarbonyl (C=S) groups is 1. The van der Waals surface area contributed by atoms with E-state index >= 15 is 0 Å². The fourth-order valence-electron chi connectivity index (χ4n) is 3.01. The Kier molecular flexibility index (Phi) is 4.79. The molecule has 28 heavy (non-hydrogen) atoms. The maximum atomic E-state index is 12.9. The Bertz CT molecular complexity index is 971. The van der Waals surface area contributed by atoms with E-state index in [9.17, 15) is 4.79 Å². The molecule has 0 aliphatic carbocycles. The van der Waals surface area contributed by atoms with Crippen LogP contribution < -0.4 is 29.2 Å². The van der Waals surface area contributed by atoms with Gasteiger partial charge in [0.25, 0.3) is 5.91 Å². The first-order chi connectivity index (χ1) is 13.6. The number of carbonyl (C=O) groups is 1. The number of ether oxygens (including phenoxy) is 4. The number of amides is 1. The molecule has 1 amide bonds. The van der Waals surface area contributed by atoms with Gasteiger partial charge in [-0.05, 0) is 55.5 Å². The molecule has 7 nitrogen and oxygen atoms in total. The van der Waals surface area contributed by atoms with Crippen molar-refractivity contribution in [3.05, 3.63) is 47.7 Å². The van der Waals surface area contributed by atoms with E-state index in [0.29, 0.717) is 45.9 Å². The van der Waals surface area contributed by atoms with Crippen LogP contribution in [0.2, 0.25) is 0 Å². The Morgan fingerprint density at radius 3 is 2.61 bits per heavy atom. The SMILES string of the molecule is CCOc1ccc(N2C(=O)/C(=C/c3cc4c(cc3OC)OCO4)NC2=S)cc1. The Hall–Kier alpha value is -3.26. The molecule has 144 valence electrons. The van der Waals surface area contributed by atoms with Crippen molar-refractivity contribution in [2.75, 3.05) is 25.4 Å². The molecule has 2 aliphatic rings. The quantitative estimate of drug-likeness (QED) is 0.613. The van der Waals surface area contributed by atoms with Crippen LogP contribution in [-0.2, 0) is 4.79 Å². The summed E-state index contributed by atoms with van der Waals surface area (Å²) < 4.78 is 21.6. The molecule has 1 fully saturated rings. The topological polar surface area (TPSA) is 69.3 Å². The Labute approximate surface area is 167 Å². The average Bonchev–Trinajstić information content (AvgIpc) is 3.26. The zero-order chi connectivity index (χ0) is 19.7. The van der Waals surface area contributed by atoms with Gasteiger partial charge >= 0.3 is 0 Å². The number of nitrogens with one attached hydrogen (secondary N) is 1. The number of hydrogen-bond acceptors (Lipinski definition) is 6. The minimum Gasteiger partial charge on any atom is -0.496 e. The molecule has 0 spiro atoms. The highest BCUT2D eigenvalue weighted by Gasteiger charge is 2.32. The van der Waals surface area contributed by atoms with Crippen molar-refractivity contribution in [2.24, 2.45) is 0 Å². The van der Waals surface area contributed by atoms with Crippen molar-refractivity contribution in [3.8, 4) is 23.0 Å². The predicted molar refractivity (Wildman–Crippen MR) is 108 cm³/mol. The highest BCUT2D eigenvalue weighted by atomic mass is 32.1. The summed E-state index contributed by atoms with van der Waals surface area (Å²) in [6.07, 6.45) is 1.68. The molecule has 2 aromatic carbocycles. The van der Waals surface area contributed by atoms with Gasteiger partial charge in [-0.1, -0.05) is 0 Å². The van der Waals surface area contributed by atoms with Crippen LogP contribution in [0.25, 0.3) is 6.08 Å². The number of rotatable bonds is 5. The Balaban J connectivity index is 1.64. The first-order valence-corrected chi connectivity index (χ1v) is 9.09. The first-order valence-electron chi connectivity index (χ1n) is 8.68. The predicted octanol–water partition coefficient (Wildman–Crippen LogP) is 3.08. The summed E-state index contributed by atoms with van der Waals surface area (Å²) in [4.78, 5) is 14.4. The average molecular weight is 398 g/mol. The van der Waals surface area contributed by atoms with Gasteiger partial charge in [0.2, 0.25) is 6.79 Å². The third-order valence-corrected chi connectivity index (χ3v) is 4.59. The fraction of sp³-hybridized carbons (Fsp3) is 0.200. The summed E-state index contributed by atoms with van der Waals surface area (Å²) >= 11 is 5.36. The number of hydrogen-bond donors (Lipinski definition) is 1. The van der Waals surface area contributed by atoms with Gasteiger partial charge < -0.3 is 24.3 Å². The van der Waals surface area contributed by atoms with Crippen LogP contribution in [0.3, 0.4) is 0 Å². The standard InChI is InChI=1S/C20H18N2O5S/c1-3-25-14-6-4-13(5-7-14)22-19(23)15(21-20(22)28)8-12-9-17-18(27-11-26-17)10-16(12)24-2/h4-10H,3,11H2,1-2H3,(H,21,28)/b15-8-. The Morgan fingerprint density at radius 1 is 1.21 bits per heavy atom. The normalized spacial score (nSPS) is 16.5. The van der Waals surface area contributed by atoms with Gasteiger partial charge in [0.05, 0.1) is 19.4 Å². The van der Waals surface area contributed by atoms with Crippen LogP contribution in [0.5, 0.6) is 23.0 Å². The van der Waals surface area contributed by atoms with E-state index in [4.69, 9.17) is 31.2 Å². The minimum absolute atomic E-state index is 0.158. The lowest BCUT2D eigenvalue weighted by atomic mass is 10.1. The number of anilines is 1. The van der Waals surface area contributed by atoms with E-state index in [0.717, 1.165) is 5.75 Å². The lowest BCUT2D eigenvalue weighted by molar-refractivity contribution is -0.113. The van der Waals surface area contributed by atoms with E-state index < -0.39 is 0 Å². The molecule has 8 heteroatoms. The highest BCUT2D eigenvalue weighted by molar-refractivity contribution is 7.80. The third kappa shape index (κ3) is 3.22. The summed E-state index contributed by atoms with van der Waals surface area (Å²) in [6, 6.07) is 10.7. The lowest BCUT2D eigenvalue weighted by Crippen LogP contribution is -2.30. The summed E-state index contributed by atoms with van der Waals surface area (Å²) in [7, 11) is 1.56. The van der Waals surface area contributed by atoms with Gasteiger partial charge in [0.1, 0.15) is 17.2 Å². The zero-order valence-corrected chi connectivity index (χ0v) is 16.2. The number of benzene rings is 2. The molecule has 0 bridgehead atoms. The molecule has 0 aromatic heterocycles. The number of fused-ring (bicyclic) bond motifs is 1. The van der Waals surface area contributed by atoms with Gasteiger partial charge in [-0.3, -0.25) is 9.69 Å². The van der Waals surface area contributed by atoms with Crippen molar-refractivity contribution >= 4 is 35.0 Å². The summed E-state index contributed by atoms with van der Waals surface area (Å²) in [6.45, 7) is 2.65. The highest BCUT2D eigenvalue weighted by Crippen LogP contribution is 2.39. The molecule has 0 atom stereocenters. The summed E-state index contributed by atoms with van der Waals surface area (Å²) in [5.41, 5.74) is 1.68. The third-order valence-electron chi connectivity index (χ3n) is 4.31. The van der Waals surface area contributed by atoms with E-state index in [2.05, 4.69) is 5.32 Å². The molecule has 0 unspecified atom stereocenters. The smallest absolute Gasteiger partial charge is 0.281 e. The second-order valence-corrected chi connectivity index (χ2v) is 6.39. The molecule has 0 saturated carbocycles. The van der Waals surface area contributed by atoms with E-state index in [1.54, 1.807) is 49.6 Å². The molecule has 2 heterocycles. The Morgan fingerprint density at radius 2 is 1.93 bits per heavy atom. The van der Waals surface area contributed by atoms with Crippen molar-refractivity contribution in [1.29, 1.82) is 0 Å². The fourth-order valence-corrected chi connectivity index (χ4v) is 3.31. The number of nitrogens with zero attached hydrogens (tertiary/aromatic N) is 1.